The first-order chi connectivity index (χ1) is 12.7. The molecular weight excluding hydrogens is 372 g/mol. The second-order valence-electron chi connectivity index (χ2n) is 6.78. The number of sulfonamides is 1. The monoisotopic (exact) mass is 396 g/mol. The number of carbonyl (C=O) groups is 1. The van der Waals surface area contributed by atoms with E-state index in [9.17, 15) is 13.2 Å². The summed E-state index contributed by atoms with van der Waals surface area (Å²) in [5, 5.41) is 11.0. The molecule has 3 heterocycles. The van der Waals surface area contributed by atoms with E-state index in [1.54, 1.807) is 17.8 Å². The summed E-state index contributed by atoms with van der Waals surface area (Å²) in [5.41, 5.74) is 1.28. The fourth-order valence-corrected chi connectivity index (χ4v) is 4.05. The van der Waals surface area contributed by atoms with E-state index in [1.165, 1.54) is 10.6 Å². The summed E-state index contributed by atoms with van der Waals surface area (Å²) in [6.45, 7) is 3.13. The SMILES string of the molecule is Cc1cc(C(=O)NCCc2nc(C3CCN(S(C)(=O)=O)CC3)no2)n(C)n1. The molecule has 148 valence electrons. The zero-order chi connectivity index (χ0) is 19.6. The maximum atomic E-state index is 12.1. The molecule has 1 aliphatic rings. The largest absolute Gasteiger partial charge is 0.350 e. The number of amides is 1. The van der Waals surface area contributed by atoms with Gasteiger partial charge in [0.25, 0.3) is 5.91 Å². The molecule has 0 atom stereocenters. The van der Waals surface area contributed by atoms with E-state index in [-0.39, 0.29) is 11.8 Å². The Morgan fingerprint density at radius 2 is 2.07 bits per heavy atom. The van der Waals surface area contributed by atoms with Gasteiger partial charge in [-0.25, -0.2) is 12.7 Å². The van der Waals surface area contributed by atoms with Gasteiger partial charge in [0.15, 0.2) is 5.82 Å². The van der Waals surface area contributed by atoms with Crippen LogP contribution in [0.3, 0.4) is 0 Å². The Hall–Kier alpha value is -2.27. The molecule has 0 spiro atoms. The molecule has 0 aliphatic carbocycles. The molecule has 2 aromatic rings. The first-order valence-electron chi connectivity index (χ1n) is 8.80. The number of aromatic nitrogens is 4. The van der Waals surface area contributed by atoms with Crippen LogP contribution in [0.5, 0.6) is 0 Å². The maximum Gasteiger partial charge on any atom is 0.269 e. The van der Waals surface area contributed by atoms with E-state index in [2.05, 4.69) is 20.6 Å². The number of rotatable bonds is 6. The number of aryl methyl sites for hydroxylation is 2. The molecule has 1 N–H and O–H groups in total. The molecule has 2 aromatic heterocycles. The van der Waals surface area contributed by atoms with Gasteiger partial charge >= 0.3 is 0 Å². The van der Waals surface area contributed by atoms with Gasteiger partial charge in [0.05, 0.1) is 11.9 Å². The Morgan fingerprint density at radius 1 is 1.37 bits per heavy atom. The van der Waals surface area contributed by atoms with Gasteiger partial charge < -0.3 is 9.84 Å². The number of nitrogens with one attached hydrogen (secondary N) is 1. The lowest BCUT2D eigenvalue weighted by Crippen LogP contribution is -2.37. The third kappa shape index (κ3) is 4.72. The van der Waals surface area contributed by atoms with Crippen LogP contribution in [0, 0.1) is 6.92 Å². The van der Waals surface area contributed by atoms with Gasteiger partial charge in [-0.2, -0.15) is 10.1 Å². The summed E-state index contributed by atoms with van der Waals surface area (Å²) in [5.74, 6) is 0.947. The summed E-state index contributed by atoms with van der Waals surface area (Å²) in [7, 11) is -1.42. The normalized spacial score (nSPS) is 16.6. The highest BCUT2D eigenvalue weighted by Crippen LogP contribution is 2.26. The number of nitrogens with zero attached hydrogens (tertiary/aromatic N) is 5. The van der Waals surface area contributed by atoms with E-state index in [1.807, 2.05) is 6.92 Å². The van der Waals surface area contributed by atoms with Crippen molar-refractivity contribution >= 4 is 15.9 Å². The number of hydrogen-bond donors (Lipinski definition) is 1. The Morgan fingerprint density at radius 3 is 2.67 bits per heavy atom. The lowest BCUT2D eigenvalue weighted by molar-refractivity contribution is 0.0944. The maximum absolute atomic E-state index is 12.1. The average Bonchev–Trinajstić information content (AvgIpc) is 3.20. The second kappa shape index (κ2) is 7.77. The van der Waals surface area contributed by atoms with Gasteiger partial charge in [-0.3, -0.25) is 9.48 Å². The first kappa shape index (κ1) is 19.5. The van der Waals surface area contributed by atoms with Crippen molar-refractivity contribution in [1.29, 1.82) is 0 Å². The minimum Gasteiger partial charge on any atom is -0.350 e. The molecule has 0 unspecified atom stereocenters. The van der Waals surface area contributed by atoms with E-state index < -0.39 is 10.0 Å². The summed E-state index contributed by atoms with van der Waals surface area (Å²) in [4.78, 5) is 16.5. The Kier molecular flexibility index (Phi) is 5.61. The molecule has 3 rings (SSSR count). The van der Waals surface area contributed by atoms with Gasteiger partial charge in [0, 0.05) is 39.0 Å². The van der Waals surface area contributed by atoms with E-state index in [0.29, 0.717) is 56.3 Å². The highest BCUT2D eigenvalue weighted by atomic mass is 32.2. The topological polar surface area (TPSA) is 123 Å². The predicted octanol–water partition coefficient (Wildman–Crippen LogP) is 0.223. The van der Waals surface area contributed by atoms with Crippen molar-refractivity contribution < 1.29 is 17.7 Å². The van der Waals surface area contributed by atoms with E-state index in [4.69, 9.17) is 4.52 Å². The minimum atomic E-state index is -3.15. The van der Waals surface area contributed by atoms with Crippen molar-refractivity contribution in [3.05, 3.63) is 29.2 Å². The summed E-state index contributed by atoms with van der Waals surface area (Å²) in [6, 6.07) is 1.73. The van der Waals surface area contributed by atoms with Gasteiger partial charge in [0.2, 0.25) is 15.9 Å². The minimum absolute atomic E-state index is 0.0903. The molecule has 10 nitrogen and oxygen atoms in total. The molecule has 1 fully saturated rings. The Labute approximate surface area is 158 Å². The van der Waals surface area contributed by atoms with Crippen LogP contribution in [0.15, 0.2) is 10.6 Å². The third-order valence-corrected chi connectivity index (χ3v) is 5.93. The van der Waals surface area contributed by atoms with Gasteiger partial charge in [-0.1, -0.05) is 5.16 Å². The summed E-state index contributed by atoms with van der Waals surface area (Å²) >= 11 is 0. The summed E-state index contributed by atoms with van der Waals surface area (Å²) < 4.78 is 31.4. The van der Waals surface area contributed by atoms with Crippen LogP contribution >= 0.6 is 0 Å². The number of hydrogen-bond acceptors (Lipinski definition) is 7. The van der Waals surface area contributed by atoms with Crippen molar-refractivity contribution in [2.75, 3.05) is 25.9 Å². The highest BCUT2D eigenvalue weighted by molar-refractivity contribution is 7.88. The fourth-order valence-electron chi connectivity index (χ4n) is 3.18. The van der Waals surface area contributed by atoms with Crippen LogP contribution in [0.4, 0.5) is 0 Å². The van der Waals surface area contributed by atoms with E-state index in [0.717, 1.165) is 5.69 Å². The molecule has 1 amide bonds. The van der Waals surface area contributed by atoms with Crippen LogP contribution in [0.25, 0.3) is 0 Å². The Bertz CT molecular complexity index is 911. The molecular formula is C16H24N6O4S. The zero-order valence-corrected chi connectivity index (χ0v) is 16.5. The molecule has 27 heavy (non-hydrogen) atoms. The molecule has 0 bridgehead atoms. The molecule has 0 aromatic carbocycles. The van der Waals surface area contributed by atoms with Crippen molar-refractivity contribution in [2.45, 2.75) is 32.1 Å². The number of carbonyl (C=O) groups excluding carboxylic acids is 1. The zero-order valence-electron chi connectivity index (χ0n) is 15.7. The number of piperidine rings is 1. The van der Waals surface area contributed by atoms with Crippen LogP contribution in [-0.4, -0.2) is 64.4 Å². The lowest BCUT2D eigenvalue weighted by atomic mass is 9.97. The van der Waals surface area contributed by atoms with Crippen LogP contribution < -0.4 is 5.32 Å². The van der Waals surface area contributed by atoms with Crippen LogP contribution in [0.1, 0.15) is 46.7 Å². The molecule has 1 aliphatic heterocycles. The second-order valence-corrected chi connectivity index (χ2v) is 8.77. The van der Waals surface area contributed by atoms with Crippen LogP contribution in [-0.2, 0) is 23.5 Å². The van der Waals surface area contributed by atoms with Crippen molar-refractivity contribution in [3.63, 3.8) is 0 Å². The summed E-state index contributed by atoms with van der Waals surface area (Å²) in [6.07, 6.45) is 2.99. The molecule has 1 saturated heterocycles. The van der Waals surface area contributed by atoms with Crippen molar-refractivity contribution in [2.24, 2.45) is 7.05 Å². The fraction of sp³-hybridized carbons (Fsp3) is 0.625. The molecule has 11 heteroatoms. The molecule has 0 saturated carbocycles. The average molecular weight is 396 g/mol. The predicted molar refractivity (Wildman–Crippen MR) is 96.7 cm³/mol. The standard InChI is InChI=1S/C16H24N6O4S/c1-11-10-13(21(2)19-11)16(23)17-7-4-14-18-15(20-26-14)12-5-8-22(9-6-12)27(3,24)25/h10,12H,4-9H2,1-3H3,(H,17,23). The lowest BCUT2D eigenvalue weighted by Gasteiger charge is -2.28. The Balaban J connectivity index is 1.49. The smallest absolute Gasteiger partial charge is 0.269 e. The quantitative estimate of drug-likeness (QED) is 0.741. The van der Waals surface area contributed by atoms with E-state index >= 15 is 0 Å². The van der Waals surface area contributed by atoms with Gasteiger partial charge in [-0.05, 0) is 25.8 Å². The molecule has 0 radical (unpaired) electrons. The van der Waals surface area contributed by atoms with Gasteiger partial charge in [-0.15, -0.1) is 0 Å². The highest BCUT2D eigenvalue weighted by Gasteiger charge is 2.28. The van der Waals surface area contributed by atoms with Crippen molar-refractivity contribution in [3.8, 4) is 0 Å². The third-order valence-electron chi connectivity index (χ3n) is 4.63. The van der Waals surface area contributed by atoms with Crippen molar-refractivity contribution in [1.82, 2.24) is 29.5 Å². The first-order valence-corrected chi connectivity index (χ1v) is 10.7. The van der Waals surface area contributed by atoms with Crippen LogP contribution in [0.2, 0.25) is 0 Å². The van der Waals surface area contributed by atoms with Gasteiger partial charge in [0.1, 0.15) is 5.69 Å².